The van der Waals surface area contributed by atoms with Crippen molar-refractivity contribution in [1.82, 2.24) is 9.80 Å². The van der Waals surface area contributed by atoms with Gasteiger partial charge in [0, 0.05) is 24.2 Å². The standard InChI is InChI=1S/C16H26N2O2/c1-17-9-7-14(8-10-17)18(2)12-13-5-6-15(19-3)11-16(13)20-4/h5-6,11,14H,7-10,12H2,1-4H3. The molecule has 0 aromatic heterocycles. The topological polar surface area (TPSA) is 24.9 Å². The molecule has 4 heteroatoms. The first kappa shape index (κ1) is 15.1. The first-order chi connectivity index (χ1) is 9.63. The zero-order valence-corrected chi connectivity index (χ0v) is 13.1. The number of hydrogen-bond acceptors (Lipinski definition) is 4. The predicted molar refractivity (Wildman–Crippen MR) is 81.5 cm³/mol. The Balaban J connectivity index is 2.01. The molecule has 1 aliphatic heterocycles. The number of hydrogen-bond donors (Lipinski definition) is 0. The van der Waals surface area contributed by atoms with E-state index < -0.39 is 0 Å². The molecule has 1 fully saturated rings. The molecule has 0 amide bonds. The van der Waals surface area contributed by atoms with E-state index in [1.165, 1.54) is 31.5 Å². The van der Waals surface area contributed by atoms with Crippen LogP contribution in [0.15, 0.2) is 18.2 Å². The number of rotatable bonds is 5. The van der Waals surface area contributed by atoms with Crippen LogP contribution in [0.3, 0.4) is 0 Å². The highest BCUT2D eigenvalue weighted by Crippen LogP contribution is 2.27. The molecule has 112 valence electrons. The maximum Gasteiger partial charge on any atom is 0.127 e. The summed E-state index contributed by atoms with van der Waals surface area (Å²) in [5.41, 5.74) is 1.22. The van der Waals surface area contributed by atoms with E-state index in [4.69, 9.17) is 9.47 Å². The number of piperidine rings is 1. The molecule has 1 aliphatic rings. The molecule has 2 rings (SSSR count). The summed E-state index contributed by atoms with van der Waals surface area (Å²) in [4.78, 5) is 4.84. The highest BCUT2D eigenvalue weighted by molar-refractivity contribution is 5.40. The molecule has 0 spiro atoms. The lowest BCUT2D eigenvalue weighted by molar-refractivity contribution is 0.138. The van der Waals surface area contributed by atoms with Gasteiger partial charge >= 0.3 is 0 Å². The van der Waals surface area contributed by atoms with Gasteiger partial charge in [-0.1, -0.05) is 6.07 Å². The quantitative estimate of drug-likeness (QED) is 0.824. The summed E-state index contributed by atoms with van der Waals surface area (Å²) in [6.45, 7) is 3.30. The third-order valence-electron chi connectivity index (χ3n) is 4.23. The van der Waals surface area contributed by atoms with E-state index in [2.05, 4.69) is 30.0 Å². The average Bonchev–Trinajstić information content (AvgIpc) is 2.48. The molecule has 0 saturated carbocycles. The summed E-state index contributed by atoms with van der Waals surface area (Å²) in [6, 6.07) is 6.72. The molecule has 0 atom stereocenters. The lowest BCUT2D eigenvalue weighted by atomic mass is 10.0. The summed E-state index contributed by atoms with van der Waals surface area (Å²) in [5.74, 6) is 1.75. The van der Waals surface area contributed by atoms with E-state index in [1.807, 2.05) is 12.1 Å². The second-order valence-electron chi connectivity index (χ2n) is 5.63. The number of nitrogens with zero attached hydrogens (tertiary/aromatic N) is 2. The Bertz CT molecular complexity index is 428. The second-order valence-corrected chi connectivity index (χ2v) is 5.63. The van der Waals surface area contributed by atoms with Gasteiger partial charge in [-0.25, -0.2) is 0 Å². The molecular formula is C16H26N2O2. The van der Waals surface area contributed by atoms with Crippen molar-refractivity contribution in [2.45, 2.75) is 25.4 Å². The molecule has 1 saturated heterocycles. The van der Waals surface area contributed by atoms with E-state index in [0.717, 1.165) is 18.0 Å². The number of methoxy groups -OCH3 is 2. The van der Waals surface area contributed by atoms with E-state index in [1.54, 1.807) is 14.2 Å². The van der Waals surface area contributed by atoms with Crippen LogP contribution in [-0.4, -0.2) is 57.2 Å². The van der Waals surface area contributed by atoms with E-state index >= 15 is 0 Å². The Morgan fingerprint density at radius 2 is 1.90 bits per heavy atom. The zero-order valence-electron chi connectivity index (χ0n) is 13.1. The molecule has 1 heterocycles. The largest absolute Gasteiger partial charge is 0.497 e. The van der Waals surface area contributed by atoms with Gasteiger partial charge in [-0.15, -0.1) is 0 Å². The molecule has 1 aromatic rings. The first-order valence-electron chi connectivity index (χ1n) is 7.23. The van der Waals surface area contributed by atoms with Crippen LogP contribution in [-0.2, 0) is 6.54 Å². The molecule has 4 nitrogen and oxygen atoms in total. The van der Waals surface area contributed by atoms with Crippen molar-refractivity contribution in [2.24, 2.45) is 0 Å². The summed E-state index contributed by atoms with van der Waals surface area (Å²) in [7, 11) is 7.80. The molecule has 20 heavy (non-hydrogen) atoms. The van der Waals surface area contributed by atoms with E-state index in [0.29, 0.717) is 6.04 Å². The molecule has 0 bridgehead atoms. The van der Waals surface area contributed by atoms with Crippen molar-refractivity contribution in [3.8, 4) is 11.5 Å². The molecule has 0 unspecified atom stereocenters. The second kappa shape index (κ2) is 6.95. The fourth-order valence-electron chi connectivity index (χ4n) is 2.82. The summed E-state index contributed by atoms with van der Waals surface area (Å²) in [5, 5.41) is 0. The molecule has 0 radical (unpaired) electrons. The van der Waals surface area contributed by atoms with E-state index in [9.17, 15) is 0 Å². The third kappa shape index (κ3) is 3.64. The van der Waals surface area contributed by atoms with Gasteiger partial charge in [0.2, 0.25) is 0 Å². The highest BCUT2D eigenvalue weighted by atomic mass is 16.5. The van der Waals surface area contributed by atoms with Crippen LogP contribution >= 0.6 is 0 Å². The van der Waals surface area contributed by atoms with Crippen LogP contribution in [0.1, 0.15) is 18.4 Å². The van der Waals surface area contributed by atoms with Crippen molar-refractivity contribution < 1.29 is 9.47 Å². The lowest BCUT2D eigenvalue weighted by Gasteiger charge is -2.35. The van der Waals surface area contributed by atoms with Gasteiger partial charge in [0.1, 0.15) is 11.5 Å². The number of benzene rings is 1. The minimum Gasteiger partial charge on any atom is -0.497 e. The van der Waals surface area contributed by atoms with Crippen LogP contribution in [0.5, 0.6) is 11.5 Å². The van der Waals surface area contributed by atoms with Crippen molar-refractivity contribution in [2.75, 3.05) is 41.4 Å². The number of likely N-dealkylation sites (tertiary alicyclic amines) is 1. The van der Waals surface area contributed by atoms with Crippen LogP contribution < -0.4 is 9.47 Å². The van der Waals surface area contributed by atoms with Crippen molar-refractivity contribution in [1.29, 1.82) is 0 Å². The normalized spacial score (nSPS) is 17.4. The Morgan fingerprint density at radius 1 is 1.20 bits per heavy atom. The SMILES string of the molecule is COc1ccc(CN(C)C2CCN(C)CC2)c(OC)c1. The summed E-state index contributed by atoms with van der Waals surface area (Å²) in [6.07, 6.45) is 2.48. The predicted octanol–water partition coefficient (Wildman–Crippen LogP) is 2.23. The fourth-order valence-corrected chi connectivity index (χ4v) is 2.82. The van der Waals surface area contributed by atoms with Gasteiger partial charge in [-0.05, 0) is 46.1 Å². The Kier molecular flexibility index (Phi) is 5.26. The maximum absolute atomic E-state index is 5.48. The van der Waals surface area contributed by atoms with Gasteiger partial charge in [0.05, 0.1) is 14.2 Å². The molecular weight excluding hydrogens is 252 g/mol. The van der Waals surface area contributed by atoms with Gasteiger partial charge in [0.25, 0.3) is 0 Å². The van der Waals surface area contributed by atoms with Crippen LogP contribution in [0.2, 0.25) is 0 Å². The van der Waals surface area contributed by atoms with Gasteiger partial charge in [-0.3, -0.25) is 4.90 Å². The average molecular weight is 278 g/mol. The Labute approximate surface area is 122 Å². The first-order valence-corrected chi connectivity index (χ1v) is 7.23. The lowest BCUT2D eigenvalue weighted by Crippen LogP contribution is -2.41. The molecule has 0 N–H and O–H groups in total. The fraction of sp³-hybridized carbons (Fsp3) is 0.625. The minimum absolute atomic E-state index is 0.665. The number of ether oxygens (including phenoxy) is 2. The molecule has 0 aliphatic carbocycles. The van der Waals surface area contributed by atoms with Crippen molar-refractivity contribution in [3.05, 3.63) is 23.8 Å². The highest BCUT2D eigenvalue weighted by Gasteiger charge is 2.21. The van der Waals surface area contributed by atoms with Crippen LogP contribution in [0.4, 0.5) is 0 Å². The maximum atomic E-state index is 5.48. The Hall–Kier alpha value is -1.26. The summed E-state index contributed by atoms with van der Waals surface area (Å²) < 4.78 is 10.7. The third-order valence-corrected chi connectivity index (χ3v) is 4.23. The van der Waals surface area contributed by atoms with Crippen molar-refractivity contribution >= 4 is 0 Å². The zero-order chi connectivity index (χ0) is 14.5. The molecule has 1 aromatic carbocycles. The summed E-state index contributed by atoms with van der Waals surface area (Å²) >= 11 is 0. The van der Waals surface area contributed by atoms with Crippen molar-refractivity contribution in [3.63, 3.8) is 0 Å². The monoisotopic (exact) mass is 278 g/mol. The van der Waals surface area contributed by atoms with Crippen LogP contribution in [0.25, 0.3) is 0 Å². The van der Waals surface area contributed by atoms with Gasteiger partial charge in [0.15, 0.2) is 0 Å². The minimum atomic E-state index is 0.665. The Morgan fingerprint density at radius 3 is 2.50 bits per heavy atom. The van der Waals surface area contributed by atoms with Crippen LogP contribution in [0, 0.1) is 0 Å². The van der Waals surface area contributed by atoms with E-state index in [-0.39, 0.29) is 0 Å². The van der Waals surface area contributed by atoms with Gasteiger partial charge < -0.3 is 14.4 Å². The van der Waals surface area contributed by atoms with Gasteiger partial charge in [-0.2, -0.15) is 0 Å². The smallest absolute Gasteiger partial charge is 0.127 e.